The lowest BCUT2D eigenvalue weighted by molar-refractivity contribution is 0.175. The molecule has 5 heteroatoms. The number of aryl methyl sites for hydroxylation is 1. The van der Waals surface area contributed by atoms with Crippen molar-refractivity contribution in [1.82, 2.24) is 5.32 Å². The Bertz CT molecular complexity index is 582. The van der Waals surface area contributed by atoms with Gasteiger partial charge in [-0.05, 0) is 53.4 Å². The van der Waals surface area contributed by atoms with Crippen molar-refractivity contribution in [3.05, 3.63) is 51.7 Å². The second-order valence-electron chi connectivity index (χ2n) is 4.65. The number of anilines is 1. The topological polar surface area (TPSA) is 61.4 Å². The summed E-state index contributed by atoms with van der Waals surface area (Å²) in [4.78, 5) is 11.8. The van der Waals surface area contributed by atoms with E-state index in [0.29, 0.717) is 0 Å². The second kappa shape index (κ2) is 6.54. The van der Waals surface area contributed by atoms with Crippen LogP contribution >= 0.6 is 11.3 Å². The van der Waals surface area contributed by atoms with E-state index in [1.54, 1.807) is 0 Å². The SMILES string of the molecule is Cc1cccc(NC(=O)NCC(O)c2ccsc2)c1C. The van der Waals surface area contributed by atoms with Gasteiger partial charge in [0.1, 0.15) is 0 Å². The van der Waals surface area contributed by atoms with Gasteiger partial charge in [0.15, 0.2) is 0 Å². The van der Waals surface area contributed by atoms with Crippen LogP contribution in [0.4, 0.5) is 10.5 Å². The number of aliphatic hydroxyl groups is 1. The van der Waals surface area contributed by atoms with Gasteiger partial charge in [-0.2, -0.15) is 11.3 Å². The minimum absolute atomic E-state index is 0.188. The van der Waals surface area contributed by atoms with E-state index in [-0.39, 0.29) is 12.6 Å². The number of benzene rings is 1. The third-order valence-corrected chi connectivity index (χ3v) is 3.94. The number of carbonyl (C=O) groups excluding carboxylic acids is 1. The molecule has 0 aliphatic carbocycles. The molecule has 1 heterocycles. The van der Waals surface area contributed by atoms with Gasteiger partial charge in [0.25, 0.3) is 0 Å². The summed E-state index contributed by atoms with van der Waals surface area (Å²) in [6.45, 7) is 4.15. The van der Waals surface area contributed by atoms with E-state index in [2.05, 4.69) is 10.6 Å². The largest absolute Gasteiger partial charge is 0.387 e. The average molecular weight is 290 g/mol. The van der Waals surface area contributed by atoms with Gasteiger partial charge in [-0.25, -0.2) is 4.79 Å². The summed E-state index contributed by atoms with van der Waals surface area (Å²) >= 11 is 1.52. The zero-order valence-electron chi connectivity index (χ0n) is 11.5. The van der Waals surface area contributed by atoms with Crippen molar-refractivity contribution in [3.8, 4) is 0 Å². The Balaban J connectivity index is 1.88. The maximum Gasteiger partial charge on any atom is 0.319 e. The van der Waals surface area contributed by atoms with Crippen LogP contribution in [0.2, 0.25) is 0 Å². The molecule has 0 saturated carbocycles. The van der Waals surface area contributed by atoms with Crippen LogP contribution in [-0.2, 0) is 0 Å². The number of carbonyl (C=O) groups is 1. The monoisotopic (exact) mass is 290 g/mol. The molecular weight excluding hydrogens is 272 g/mol. The minimum Gasteiger partial charge on any atom is -0.387 e. The standard InChI is InChI=1S/C15H18N2O2S/c1-10-4-3-5-13(11(10)2)17-15(19)16-8-14(18)12-6-7-20-9-12/h3-7,9,14,18H,8H2,1-2H3,(H2,16,17,19). The maximum absolute atomic E-state index is 11.8. The summed E-state index contributed by atoms with van der Waals surface area (Å²) in [5.74, 6) is 0. The molecule has 2 aromatic rings. The molecule has 0 saturated heterocycles. The quantitative estimate of drug-likeness (QED) is 0.809. The number of hydrogen-bond donors (Lipinski definition) is 3. The molecule has 1 aromatic carbocycles. The summed E-state index contributed by atoms with van der Waals surface area (Å²) in [6, 6.07) is 7.29. The van der Waals surface area contributed by atoms with Gasteiger partial charge in [-0.3, -0.25) is 0 Å². The highest BCUT2D eigenvalue weighted by Gasteiger charge is 2.10. The van der Waals surface area contributed by atoms with E-state index in [4.69, 9.17) is 0 Å². The fraction of sp³-hybridized carbons (Fsp3) is 0.267. The van der Waals surface area contributed by atoms with E-state index >= 15 is 0 Å². The van der Waals surface area contributed by atoms with Crippen LogP contribution in [0.3, 0.4) is 0 Å². The van der Waals surface area contributed by atoms with Gasteiger partial charge in [-0.1, -0.05) is 12.1 Å². The Kier molecular flexibility index (Phi) is 4.76. The number of hydrogen-bond acceptors (Lipinski definition) is 3. The Morgan fingerprint density at radius 3 is 2.85 bits per heavy atom. The Morgan fingerprint density at radius 2 is 2.15 bits per heavy atom. The van der Waals surface area contributed by atoms with Gasteiger partial charge in [0.05, 0.1) is 6.10 Å². The van der Waals surface area contributed by atoms with Crippen LogP contribution in [0.25, 0.3) is 0 Å². The molecule has 0 bridgehead atoms. The summed E-state index contributed by atoms with van der Waals surface area (Å²) < 4.78 is 0. The maximum atomic E-state index is 11.8. The Morgan fingerprint density at radius 1 is 1.35 bits per heavy atom. The van der Waals surface area contributed by atoms with Gasteiger partial charge in [0, 0.05) is 12.2 Å². The number of amides is 2. The molecule has 4 nitrogen and oxygen atoms in total. The molecular formula is C15H18N2O2S. The van der Waals surface area contributed by atoms with Crippen LogP contribution in [0, 0.1) is 13.8 Å². The summed E-state index contributed by atoms with van der Waals surface area (Å²) in [5, 5.41) is 19.1. The fourth-order valence-corrected chi connectivity index (χ4v) is 2.53. The molecule has 106 valence electrons. The van der Waals surface area contributed by atoms with Crippen molar-refractivity contribution >= 4 is 23.1 Å². The lowest BCUT2D eigenvalue weighted by Gasteiger charge is -2.13. The molecule has 2 amide bonds. The average Bonchev–Trinajstić information content (AvgIpc) is 2.95. The predicted octanol–water partition coefficient (Wildman–Crippen LogP) is 3.22. The molecule has 1 atom stereocenters. The normalized spacial score (nSPS) is 11.9. The van der Waals surface area contributed by atoms with Crippen molar-refractivity contribution in [3.63, 3.8) is 0 Å². The van der Waals surface area contributed by atoms with Crippen molar-refractivity contribution in [2.24, 2.45) is 0 Å². The van der Waals surface area contributed by atoms with E-state index in [9.17, 15) is 9.90 Å². The second-order valence-corrected chi connectivity index (χ2v) is 5.44. The van der Waals surface area contributed by atoms with Crippen LogP contribution in [0.15, 0.2) is 35.0 Å². The van der Waals surface area contributed by atoms with Gasteiger partial charge in [0.2, 0.25) is 0 Å². The molecule has 3 N–H and O–H groups in total. The fourth-order valence-electron chi connectivity index (χ4n) is 1.82. The number of rotatable bonds is 4. The predicted molar refractivity (Wildman–Crippen MR) is 82.2 cm³/mol. The lowest BCUT2D eigenvalue weighted by Crippen LogP contribution is -2.32. The molecule has 2 rings (SSSR count). The van der Waals surface area contributed by atoms with E-state index < -0.39 is 6.10 Å². The zero-order valence-corrected chi connectivity index (χ0v) is 12.3. The third-order valence-electron chi connectivity index (χ3n) is 3.24. The van der Waals surface area contributed by atoms with Crippen LogP contribution in [-0.4, -0.2) is 17.7 Å². The smallest absolute Gasteiger partial charge is 0.319 e. The zero-order chi connectivity index (χ0) is 14.5. The number of aliphatic hydroxyl groups excluding tert-OH is 1. The van der Waals surface area contributed by atoms with Crippen molar-refractivity contribution in [2.45, 2.75) is 20.0 Å². The summed E-state index contributed by atoms with van der Waals surface area (Å²) in [5.41, 5.74) is 3.77. The van der Waals surface area contributed by atoms with E-state index in [1.165, 1.54) is 11.3 Å². The van der Waals surface area contributed by atoms with Crippen LogP contribution in [0.5, 0.6) is 0 Å². The summed E-state index contributed by atoms with van der Waals surface area (Å²) in [6.07, 6.45) is -0.675. The molecule has 1 aromatic heterocycles. The number of thiophene rings is 1. The number of urea groups is 1. The first-order chi connectivity index (χ1) is 9.58. The first kappa shape index (κ1) is 14.6. The molecule has 0 aliphatic heterocycles. The molecule has 0 fully saturated rings. The molecule has 0 aliphatic rings. The van der Waals surface area contributed by atoms with Gasteiger partial charge in [-0.15, -0.1) is 0 Å². The van der Waals surface area contributed by atoms with E-state index in [1.807, 2.05) is 48.9 Å². The lowest BCUT2D eigenvalue weighted by atomic mass is 10.1. The van der Waals surface area contributed by atoms with Gasteiger partial charge < -0.3 is 15.7 Å². The number of nitrogens with one attached hydrogen (secondary N) is 2. The minimum atomic E-state index is -0.675. The summed E-state index contributed by atoms with van der Waals surface area (Å²) in [7, 11) is 0. The van der Waals surface area contributed by atoms with Crippen LogP contribution in [0.1, 0.15) is 22.8 Å². The third kappa shape index (κ3) is 3.59. The molecule has 20 heavy (non-hydrogen) atoms. The molecule has 0 spiro atoms. The highest BCUT2D eigenvalue weighted by molar-refractivity contribution is 7.07. The van der Waals surface area contributed by atoms with Crippen molar-refractivity contribution < 1.29 is 9.90 Å². The van der Waals surface area contributed by atoms with Crippen molar-refractivity contribution in [1.29, 1.82) is 0 Å². The van der Waals surface area contributed by atoms with E-state index in [0.717, 1.165) is 22.4 Å². The molecule has 1 unspecified atom stereocenters. The van der Waals surface area contributed by atoms with Crippen molar-refractivity contribution in [2.75, 3.05) is 11.9 Å². The molecule has 0 radical (unpaired) electrons. The first-order valence-corrected chi connectivity index (χ1v) is 7.33. The first-order valence-electron chi connectivity index (χ1n) is 6.39. The highest BCUT2D eigenvalue weighted by atomic mass is 32.1. The Hall–Kier alpha value is -1.85. The van der Waals surface area contributed by atoms with Gasteiger partial charge >= 0.3 is 6.03 Å². The highest BCUT2D eigenvalue weighted by Crippen LogP contribution is 2.18. The van der Waals surface area contributed by atoms with Crippen LogP contribution < -0.4 is 10.6 Å². The Labute approximate surface area is 122 Å².